The molecule has 1 rings (SSSR count). The van der Waals surface area contributed by atoms with Crippen molar-refractivity contribution in [3.05, 3.63) is 24.7 Å². The normalized spacial score (nSPS) is 15.9. The minimum absolute atomic E-state index is 1.07. The van der Waals surface area contributed by atoms with Crippen LogP contribution >= 0.6 is 0 Å². The highest BCUT2D eigenvalue weighted by Gasteiger charge is 1.90. The van der Waals surface area contributed by atoms with Crippen molar-refractivity contribution in [3.63, 3.8) is 0 Å². The van der Waals surface area contributed by atoms with Gasteiger partial charge in [-0.05, 0) is 12.5 Å². The van der Waals surface area contributed by atoms with Gasteiger partial charge in [0.15, 0.2) is 0 Å². The number of hydrogen-bond donors (Lipinski definition) is 0. The summed E-state index contributed by atoms with van der Waals surface area (Å²) in [5.41, 5.74) is 0. The average Bonchev–Trinajstić information content (AvgIpc) is 2.17. The highest BCUT2D eigenvalue weighted by molar-refractivity contribution is 5.71. The Balaban J connectivity index is 2.46. The second kappa shape index (κ2) is 3.88. The maximum absolute atomic E-state index is 3.97. The minimum Gasteiger partial charge on any atom is -0.353 e. The second-order valence-corrected chi connectivity index (χ2v) is 2.18. The molecule has 0 aromatic rings. The predicted octanol–water partition coefficient (Wildman–Crippen LogP) is 1.77. The molecule has 0 N–H and O–H groups in total. The molecule has 1 aliphatic rings. The van der Waals surface area contributed by atoms with Crippen LogP contribution in [-0.2, 0) is 0 Å². The van der Waals surface area contributed by atoms with Gasteiger partial charge in [-0.15, -0.1) is 0 Å². The largest absolute Gasteiger partial charge is 0.353 e. The lowest BCUT2D eigenvalue weighted by molar-refractivity contribution is 0.502. The lowest BCUT2D eigenvalue weighted by Crippen LogP contribution is -2.09. The van der Waals surface area contributed by atoms with Crippen LogP contribution in [0.25, 0.3) is 0 Å². The zero-order valence-electron chi connectivity index (χ0n) is 6.20. The van der Waals surface area contributed by atoms with Crippen LogP contribution < -0.4 is 0 Å². The molecule has 0 radical (unpaired) electrons. The molecule has 0 saturated heterocycles. The number of rotatable bonds is 2. The molecule has 0 aromatic heterocycles. The first-order chi connectivity index (χ1) is 4.93. The van der Waals surface area contributed by atoms with Crippen molar-refractivity contribution in [1.82, 2.24) is 4.90 Å². The highest BCUT2D eigenvalue weighted by Crippen LogP contribution is 1.96. The summed E-state index contributed by atoms with van der Waals surface area (Å²) in [7, 11) is 0. The number of allylic oxidation sites excluding steroid dienone is 1. The van der Waals surface area contributed by atoms with Gasteiger partial charge in [0, 0.05) is 31.4 Å². The fraction of sp³-hybridized carbons (Fsp3) is 0.375. The summed E-state index contributed by atoms with van der Waals surface area (Å²) in [5.74, 6) is 0. The van der Waals surface area contributed by atoms with Crippen LogP contribution in [0.4, 0.5) is 0 Å². The fourth-order valence-corrected chi connectivity index (χ4v) is 0.830. The Bertz CT molecular complexity index is 152. The van der Waals surface area contributed by atoms with Crippen LogP contribution in [0.2, 0.25) is 0 Å². The number of aliphatic imine (C=N–C) groups is 1. The standard InChI is InChI=1S/C8H12N2/c1-2-6-10-7-3-4-9-5-8-10/h3-5,7-8H,2,6H2,1H3. The number of hydrogen-bond acceptors (Lipinski definition) is 2. The summed E-state index contributed by atoms with van der Waals surface area (Å²) >= 11 is 0. The van der Waals surface area contributed by atoms with E-state index >= 15 is 0 Å². The van der Waals surface area contributed by atoms with Crippen LogP contribution in [0, 0.1) is 0 Å². The van der Waals surface area contributed by atoms with E-state index in [9.17, 15) is 0 Å². The molecule has 0 fully saturated rings. The van der Waals surface area contributed by atoms with Gasteiger partial charge in [-0.3, -0.25) is 4.99 Å². The third kappa shape index (κ3) is 2.05. The van der Waals surface area contributed by atoms with Gasteiger partial charge in [-0.25, -0.2) is 0 Å². The maximum Gasteiger partial charge on any atom is 0.0430 e. The van der Waals surface area contributed by atoms with Gasteiger partial charge < -0.3 is 4.90 Å². The molecule has 0 bridgehead atoms. The summed E-state index contributed by atoms with van der Waals surface area (Å²) in [6.45, 7) is 3.23. The molecular weight excluding hydrogens is 124 g/mol. The van der Waals surface area contributed by atoms with E-state index in [1.165, 1.54) is 0 Å². The SMILES string of the molecule is CCCN1C=CC=NC=C1. The first kappa shape index (κ1) is 7.06. The van der Waals surface area contributed by atoms with Crippen LogP contribution in [0.3, 0.4) is 0 Å². The Kier molecular flexibility index (Phi) is 2.74. The molecule has 1 heterocycles. The predicted molar refractivity (Wildman–Crippen MR) is 43.8 cm³/mol. The van der Waals surface area contributed by atoms with E-state index in [1.54, 1.807) is 12.4 Å². The number of nitrogens with zero attached hydrogens (tertiary/aromatic N) is 2. The molecule has 0 unspecified atom stereocenters. The Labute approximate surface area is 61.6 Å². The third-order valence-electron chi connectivity index (χ3n) is 1.28. The van der Waals surface area contributed by atoms with Crippen LogP contribution in [0.5, 0.6) is 0 Å². The molecule has 2 nitrogen and oxygen atoms in total. The van der Waals surface area contributed by atoms with Crippen molar-refractivity contribution in [3.8, 4) is 0 Å². The van der Waals surface area contributed by atoms with E-state index in [4.69, 9.17) is 0 Å². The van der Waals surface area contributed by atoms with Crippen LogP contribution in [-0.4, -0.2) is 17.7 Å². The first-order valence-electron chi connectivity index (χ1n) is 3.56. The van der Waals surface area contributed by atoms with Crippen molar-refractivity contribution in [2.45, 2.75) is 13.3 Å². The minimum atomic E-state index is 1.07. The molecular formula is C8H12N2. The maximum atomic E-state index is 3.97. The van der Waals surface area contributed by atoms with Gasteiger partial charge >= 0.3 is 0 Å². The summed E-state index contributed by atoms with van der Waals surface area (Å²) in [6.07, 6.45) is 10.7. The van der Waals surface area contributed by atoms with E-state index in [0.29, 0.717) is 0 Å². The first-order valence-corrected chi connectivity index (χ1v) is 3.56. The van der Waals surface area contributed by atoms with Gasteiger partial charge in [-0.2, -0.15) is 0 Å². The molecule has 0 amide bonds. The van der Waals surface area contributed by atoms with Gasteiger partial charge in [0.05, 0.1) is 0 Å². The van der Waals surface area contributed by atoms with Gasteiger partial charge in [-0.1, -0.05) is 6.92 Å². The topological polar surface area (TPSA) is 15.6 Å². The smallest absolute Gasteiger partial charge is 0.0430 e. The Morgan fingerprint density at radius 1 is 1.40 bits per heavy atom. The van der Waals surface area contributed by atoms with Gasteiger partial charge in [0.25, 0.3) is 0 Å². The van der Waals surface area contributed by atoms with E-state index < -0.39 is 0 Å². The Morgan fingerprint density at radius 3 is 3.10 bits per heavy atom. The van der Waals surface area contributed by atoms with Crippen molar-refractivity contribution in [2.75, 3.05) is 6.54 Å². The van der Waals surface area contributed by atoms with Crippen LogP contribution in [0.15, 0.2) is 29.7 Å². The third-order valence-corrected chi connectivity index (χ3v) is 1.28. The van der Waals surface area contributed by atoms with E-state index in [0.717, 1.165) is 13.0 Å². The Morgan fingerprint density at radius 2 is 2.30 bits per heavy atom. The molecule has 0 saturated carbocycles. The summed E-state index contributed by atoms with van der Waals surface area (Å²) in [6, 6.07) is 0. The van der Waals surface area contributed by atoms with E-state index in [2.05, 4.69) is 16.8 Å². The molecule has 54 valence electrons. The zero-order chi connectivity index (χ0) is 7.23. The quantitative estimate of drug-likeness (QED) is 0.565. The van der Waals surface area contributed by atoms with Crippen molar-refractivity contribution in [2.24, 2.45) is 4.99 Å². The van der Waals surface area contributed by atoms with Gasteiger partial charge in [0.2, 0.25) is 0 Å². The lowest BCUT2D eigenvalue weighted by Gasteiger charge is -2.11. The highest BCUT2D eigenvalue weighted by atomic mass is 15.1. The lowest BCUT2D eigenvalue weighted by atomic mass is 10.4. The van der Waals surface area contributed by atoms with Crippen LogP contribution in [0.1, 0.15) is 13.3 Å². The van der Waals surface area contributed by atoms with E-state index in [-0.39, 0.29) is 0 Å². The Hall–Kier alpha value is -1.05. The molecule has 2 heteroatoms. The molecule has 1 aliphatic heterocycles. The van der Waals surface area contributed by atoms with Gasteiger partial charge in [0.1, 0.15) is 0 Å². The fourth-order valence-electron chi connectivity index (χ4n) is 0.830. The molecule has 0 spiro atoms. The molecule has 0 aliphatic carbocycles. The second-order valence-electron chi connectivity index (χ2n) is 2.18. The summed E-state index contributed by atoms with van der Waals surface area (Å²) in [4.78, 5) is 6.09. The average molecular weight is 136 g/mol. The monoisotopic (exact) mass is 136 g/mol. The molecule has 10 heavy (non-hydrogen) atoms. The van der Waals surface area contributed by atoms with Crippen molar-refractivity contribution < 1.29 is 0 Å². The zero-order valence-corrected chi connectivity index (χ0v) is 6.20. The van der Waals surface area contributed by atoms with E-state index in [1.807, 2.05) is 18.5 Å². The summed E-state index contributed by atoms with van der Waals surface area (Å²) in [5, 5.41) is 0. The molecule has 0 aromatic carbocycles. The molecule has 0 atom stereocenters. The van der Waals surface area contributed by atoms with Crippen molar-refractivity contribution in [1.29, 1.82) is 0 Å². The van der Waals surface area contributed by atoms with Crippen molar-refractivity contribution >= 4 is 6.21 Å². The summed E-state index contributed by atoms with van der Waals surface area (Å²) < 4.78 is 0.